The number of rotatable bonds is 8. The summed E-state index contributed by atoms with van der Waals surface area (Å²) in [5, 5.41) is 11.7. The van der Waals surface area contributed by atoms with Crippen LogP contribution in [0.4, 0.5) is 10.1 Å². The highest BCUT2D eigenvalue weighted by molar-refractivity contribution is 5.97. The Balaban J connectivity index is 1.40. The lowest BCUT2D eigenvalue weighted by molar-refractivity contribution is 0.413. The van der Waals surface area contributed by atoms with E-state index in [0.29, 0.717) is 40.6 Å². The molecule has 0 atom stereocenters. The number of benzene rings is 1. The molecule has 0 fully saturated rings. The molecule has 10 nitrogen and oxygen atoms in total. The predicted molar refractivity (Wildman–Crippen MR) is 149 cm³/mol. The zero-order valence-electron chi connectivity index (χ0n) is 21.7. The van der Waals surface area contributed by atoms with Crippen LogP contribution in [0.25, 0.3) is 55.8 Å². The number of halogens is 1. The number of likely N-dealkylation sites (N-methyl/N-ethyl adjacent to an activating group) is 1. The molecule has 0 spiro atoms. The minimum atomic E-state index is -0.335. The van der Waals surface area contributed by atoms with Crippen LogP contribution in [0.15, 0.2) is 61.3 Å². The van der Waals surface area contributed by atoms with Gasteiger partial charge in [-0.15, -0.1) is 0 Å². The molecular weight excluding hydrogens is 497 g/mol. The smallest absolute Gasteiger partial charge is 0.159 e. The maximum atomic E-state index is 14.6. The third-order valence-electron chi connectivity index (χ3n) is 6.41. The molecule has 0 saturated heterocycles. The molecule has 0 amide bonds. The number of nitrogens with zero attached hydrogens (tertiary/aromatic N) is 6. The Hall–Kier alpha value is -4.90. The van der Waals surface area contributed by atoms with Gasteiger partial charge in [-0.1, -0.05) is 0 Å². The van der Waals surface area contributed by atoms with Gasteiger partial charge in [0.25, 0.3) is 0 Å². The fraction of sp³-hybridized carbons (Fsp3) is 0.179. The van der Waals surface area contributed by atoms with Gasteiger partial charge >= 0.3 is 0 Å². The third-order valence-corrected chi connectivity index (χ3v) is 6.41. The van der Waals surface area contributed by atoms with Crippen molar-refractivity contribution in [2.24, 2.45) is 0 Å². The largest absolute Gasteiger partial charge is 0.495 e. The fourth-order valence-corrected chi connectivity index (χ4v) is 4.45. The Morgan fingerprint density at radius 3 is 2.67 bits per heavy atom. The summed E-state index contributed by atoms with van der Waals surface area (Å²) in [7, 11) is 5.59. The molecule has 6 aromatic rings. The minimum absolute atomic E-state index is 0.335. The van der Waals surface area contributed by atoms with E-state index in [9.17, 15) is 4.39 Å². The van der Waals surface area contributed by atoms with Gasteiger partial charge in [0, 0.05) is 47.7 Å². The van der Waals surface area contributed by atoms with Crippen LogP contribution in [0.1, 0.15) is 0 Å². The number of aromatic amines is 2. The lowest BCUT2D eigenvalue weighted by Gasteiger charge is -2.12. The number of fused-ring (bicyclic) bond motifs is 2. The molecule has 0 unspecified atom stereocenters. The van der Waals surface area contributed by atoms with Crippen molar-refractivity contribution < 1.29 is 9.13 Å². The maximum Gasteiger partial charge on any atom is 0.159 e. The summed E-state index contributed by atoms with van der Waals surface area (Å²) in [6.07, 6.45) is 8.51. The number of aromatic nitrogens is 7. The summed E-state index contributed by atoms with van der Waals surface area (Å²) in [5.74, 6) is 0.873. The molecule has 0 radical (unpaired) electrons. The monoisotopic (exact) mass is 523 g/mol. The van der Waals surface area contributed by atoms with E-state index < -0.39 is 0 Å². The number of hydrogen-bond acceptors (Lipinski definition) is 8. The van der Waals surface area contributed by atoms with Gasteiger partial charge in [-0.3, -0.25) is 20.1 Å². The summed E-state index contributed by atoms with van der Waals surface area (Å²) < 4.78 is 19.9. The van der Waals surface area contributed by atoms with E-state index in [2.05, 4.69) is 40.3 Å². The predicted octanol–water partition coefficient (Wildman–Crippen LogP) is 4.75. The second-order valence-electron chi connectivity index (χ2n) is 9.43. The first kappa shape index (κ1) is 24.4. The van der Waals surface area contributed by atoms with Gasteiger partial charge in [0.15, 0.2) is 5.82 Å². The van der Waals surface area contributed by atoms with Crippen molar-refractivity contribution in [3.05, 3.63) is 67.1 Å². The number of imidazole rings is 1. The van der Waals surface area contributed by atoms with Gasteiger partial charge < -0.3 is 19.9 Å². The van der Waals surface area contributed by atoms with Crippen molar-refractivity contribution in [1.29, 1.82) is 0 Å². The Bertz CT molecular complexity index is 1790. The zero-order chi connectivity index (χ0) is 26.9. The van der Waals surface area contributed by atoms with Crippen molar-refractivity contribution in [2.45, 2.75) is 0 Å². The van der Waals surface area contributed by atoms with E-state index in [1.807, 2.05) is 32.3 Å². The van der Waals surface area contributed by atoms with Crippen LogP contribution in [0, 0.1) is 5.82 Å². The van der Waals surface area contributed by atoms with Gasteiger partial charge in [-0.2, -0.15) is 5.10 Å². The van der Waals surface area contributed by atoms with Crippen LogP contribution in [-0.2, 0) is 0 Å². The summed E-state index contributed by atoms with van der Waals surface area (Å²) in [6.45, 7) is 1.52. The minimum Gasteiger partial charge on any atom is -0.495 e. The van der Waals surface area contributed by atoms with Crippen LogP contribution in [0.3, 0.4) is 0 Å². The quantitative estimate of drug-likeness (QED) is 0.262. The van der Waals surface area contributed by atoms with Gasteiger partial charge in [0.05, 0.1) is 47.9 Å². The number of hydrogen-bond donors (Lipinski definition) is 3. The summed E-state index contributed by atoms with van der Waals surface area (Å²) in [5.41, 5.74) is 6.44. The van der Waals surface area contributed by atoms with E-state index in [-0.39, 0.29) is 5.82 Å². The first-order valence-corrected chi connectivity index (χ1v) is 12.4. The molecule has 0 saturated carbocycles. The molecule has 3 N–H and O–H groups in total. The Morgan fingerprint density at radius 2 is 1.82 bits per heavy atom. The van der Waals surface area contributed by atoms with Crippen LogP contribution < -0.4 is 10.1 Å². The second-order valence-corrected chi connectivity index (χ2v) is 9.43. The molecule has 0 aliphatic carbocycles. The molecule has 6 rings (SSSR count). The number of nitrogens with one attached hydrogen (secondary N) is 3. The highest BCUT2D eigenvalue weighted by atomic mass is 19.1. The summed E-state index contributed by atoms with van der Waals surface area (Å²) >= 11 is 0. The van der Waals surface area contributed by atoms with Crippen LogP contribution in [-0.4, -0.2) is 74.3 Å². The lowest BCUT2D eigenvalue weighted by Crippen LogP contribution is -2.20. The molecule has 39 heavy (non-hydrogen) atoms. The SMILES string of the molecule is COc1cncc(-c2cc3c(-c4nc5c(-c6cc(F)cc(NCCN(C)C)c6)cncc5[nH]4)n[nH]c3cn2)c1. The van der Waals surface area contributed by atoms with Crippen molar-refractivity contribution in [3.8, 4) is 39.7 Å². The summed E-state index contributed by atoms with van der Waals surface area (Å²) in [4.78, 5) is 23.4. The number of anilines is 1. The Kier molecular flexibility index (Phi) is 6.33. The summed E-state index contributed by atoms with van der Waals surface area (Å²) in [6, 6.07) is 8.71. The second kappa shape index (κ2) is 10.1. The molecule has 5 heterocycles. The van der Waals surface area contributed by atoms with Crippen molar-refractivity contribution in [1.82, 2.24) is 40.0 Å². The number of H-pyrrole nitrogens is 2. The van der Waals surface area contributed by atoms with Crippen LogP contribution in [0.5, 0.6) is 5.75 Å². The number of ether oxygens (including phenoxy) is 1. The van der Waals surface area contributed by atoms with E-state index in [1.165, 1.54) is 12.1 Å². The fourth-order valence-electron chi connectivity index (χ4n) is 4.45. The van der Waals surface area contributed by atoms with Gasteiger partial charge in [0.2, 0.25) is 0 Å². The first-order valence-electron chi connectivity index (χ1n) is 12.4. The highest BCUT2D eigenvalue weighted by Gasteiger charge is 2.17. The molecule has 196 valence electrons. The van der Waals surface area contributed by atoms with Crippen molar-refractivity contribution >= 4 is 27.6 Å². The van der Waals surface area contributed by atoms with Crippen molar-refractivity contribution in [3.63, 3.8) is 0 Å². The topological polar surface area (TPSA) is 121 Å². The Morgan fingerprint density at radius 1 is 0.949 bits per heavy atom. The van der Waals surface area contributed by atoms with Gasteiger partial charge in [0.1, 0.15) is 17.3 Å². The molecule has 0 bridgehead atoms. The van der Waals surface area contributed by atoms with E-state index in [1.54, 1.807) is 38.1 Å². The molecular formula is C28H26FN9O. The average molecular weight is 524 g/mol. The molecule has 5 aromatic heterocycles. The normalized spacial score (nSPS) is 11.5. The first-order chi connectivity index (χ1) is 19.0. The van der Waals surface area contributed by atoms with E-state index in [4.69, 9.17) is 9.72 Å². The van der Waals surface area contributed by atoms with E-state index >= 15 is 0 Å². The average Bonchev–Trinajstić information content (AvgIpc) is 3.56. The van der Waals surface area contributed by atoms with Crippen LogP contribution in [0.2, 0.25) is 0 Å². The van der Waals surface area contributed by atoms with Gasteiger partial charge in [-0.25, -0.2) is 9.37 Å². The standard InChI is InChI=1S/C28H26FN9O/c1-38(2)5-4-32-19-7-16(6-18(29)9-19)22-13-31-14-25-26(22)35-28(34-25)27-21-10-23(33-15-24(21)36-37-27)17-8-20(39-3)12-30-11-17/h6-15,32H,4-5H2,1-3H3,(H,34,35)(H,36,37). The molecule has 11 heteroatoms. The molecule has 0 aliphatic heterocycles. The van der Waals surface area contributed by atoms with E-state index in [0.717, 1.165) is 39.8 Å². The molecule has 1 aromatic carbocycles. The zero-order valence-corrected chi connectivity index (χ0v) is 21.7. The van der Waals surface area contributed by atoms with Gasteiger partial charge in [-0.05, 0) is 50.0 Å². The third kappa shape index (κ3) is 4.87. The van der Waals surface area contributed by atoms with Crippen LogP contribution >= 0.6 is 0 Å². The number of pyridine rings is 3. The number of methoxy groups -OCH3 is 1. The Labute approximate surface area is 223 Å². The maximum absolute atomic E-state index is 14.6. The van der Waals surface area contributed by atoms with Crippen molar-refractivity contribution in [2.75, 3.05) is 39.6 Å². The molecule has 0 aliphatic rings. The highest BCUT2D eigenvalue weighted by Crippen LogP contribution is 2.33. The lowest BCUT2D eigenvalue weighted by atomic mass is 10.1.